The molecule has 0 unspecified atom stereocenters. The summed E-state index contributed by atoms with van der Waals surface area (Å²) in [6, 6.07) is 23.4. The van der Waals surface area contributed by atoms with Crippen LogP contribution >= 0.6 is 0 Å². The smallest absolute Gasteiger partial charge is 0.126 e. The van der Waals surface area contributed by atoms with Crippen LogP contribution in [0.2, 0.25) is 0 Å². The molecule has 0 aromatic heterocycles. The van der Waals surface area contributed by atoms with Gasteiger partial charge in [-0.05, 0) is 59.5 Å². The first-order chi connectivity index (χ1) is 13.1. The van der Waals surface area contributed by atoms with Gasteiger partial charge in [-0.1, -0.05) is 54.6 Å². The maximum atomic E-state index is 9.48. The van der Waals surface area contributed by atoms with Crippen molar-refractivity contribution in [1.82, 2.24) is 0 Å². The average Bonchev–Trinajstić information content (AvgIpc) is 2.67. The lowest BCUT2D eigenvalue weighted by Crippen LogP contribution is -2.03. The van der Waals surface area contributed by atoms with Gasteiger partial charge in [0.1, 0.15) is 12.4 Å². The van der Waals surface area contributed by atoms with Crippen LogP contribution < -0.4 is 4.74 Å². The van der Waals surface area contributed by atoms with Crippen molar-refractivity contribution in [3.05, 3.63) is 88.5 Å². The zero-order valence-electron chi connectivity index (χ0n) is 15.8. The van der Waals surface area contributed by atoms with E-state index >= 15 is 0 Å². The summed E-state index contributed by atoms with van der Waals surface area (Å²) in [5, 5.41) is 14.3. The molecule has 0 heterocycles. The maximum Gasteiger partial charge on any atom is 0.126 e. The van der Waals surface area contributed by atoms with Gasteiger partial charge in [0.15, 0.2) is 0 Å². The first kappa shape index (κ1) is 17.1. The number of benzene rings is 4. The van der Waals surface area contributed by atoms with E-state index in [9.17, 15) is 5.26 Å². The van der Waals surface area contributed by atoms with E-state index in [1.54, 1.807) is 0 Å². The summed E-state index contributed by atoms with van der Waals surface area (Å²) in [7, 11) is 0. The number of rotatable bonds is 3. The van der Waals surface area contributed by atoms with Crippen LogP contribution in [0.15, 0.2) is 60.7 Å². The van der Waals surface area contributed by atoms with Gasteiger partial charge < -0.3 is 4.74 Å². The number of hydrogen-bond donors (Lipinski definition) is 0. The first-order valence-corrected chi connectivity index (χ1v) is 9.13. The normalized spacial score (nSPS) is 10.9. The second kappa shape index (κ2) is 6.78. The summed E-state index contributed by atoms with van der Waals surface area (Å²) in [6.45, 7) is 6.45. The molecule has 4 rings (SSSR count). The number of hydrogen-bond acceptors (Lipinski definition) is 2. The van der Waals surface area contributed by atoms with Gasteiger partial charge in [0, 0.05) is 11.1 Å². The van der Waals surface area contributed by atoms with Crippen LogP contribution in [-0.2, 0) is 6.61 Å². The highest BCUT2D eigenvalue weighted by molar-refractivity contribution is 6.02. The van der Waals surface area contributed by atoms with Crippen LogP contribution in [0.25, 0.3) is 21.5 Å². The van der Waals surface area contributed by atoms with E-state index < -0.39 is 0 Å². The quantitative estimate of drug-likeness (QED) is 0.402. The highest BCUT2D eigenvalue weighted by atomic mass is 16.5. The molecule has 0 amide bonds. The Balaban J connectivity index is 1.84. The van der Waals surface area contributed by atoms with Crippen molar-refractivity contribution < 1.29 is 4.74 Å². The number of aryl methyl sites for hydroxylation is 2. The largest absolute Gasteiger partial charge is 0.488 e. The number of nitriles is 1. The van der Waals surface area contributed by atoms with E-state index in [0.29, 0.717) is 12.2 Å². The molecule has 0 N–H and O–H groups in total. The summed E-state index contributed by atoms with van der Waals surface area (Å²) in [5.74, 6) is 0.814. The van der Waals surface area contributed by atoms with Gasteiger partial charge in [0.25, 0.3) is 0 Å². The van der Waals surface area contributed by atoms with Crippen molar-refractivity contribution in [2.75, 3.05) is 0 Å². The molecule has 0 saturated carbocycles. The topological polar surface area (TPSA) is 33.0 Å². The second-order valence-electron chi connectivity index (χ2n) is 7.04. The molecule has 0 aliphatic carbocycles. The third kappa shape index (κ3) is 2.92. The predicted octanol–water partition coefficient (Wildman–Crippen LogP) is 6.37. The SMILES string of the molecule is Cc1cc(C)c(OCc2c3ccccc3cc3ccccc23)c(C)c1C#N. The number of fused-ring (bicyclic) bond motifs is 2. The van der Waals surface area contributed by atoms with E-state index in [1.807, 2.05) is 26.8 Å². The molecule has 4 aromatic carbocycles. The van der Waals surface area contributed by atoms with Gasteiger partial charge in [0.2, 0.25) is 0 Å². The van der Waals surface area contributed by atoms with Gasteiger partial charge in [-0.15, -0.1) is 0 Å². The molecule has 0 fully saturated rings. The van der Waals surface area contributed by atoms with Gasteiger partial charge in [-0.2, -0.15) is 5.26 Å². The van der Waals surface area contributed by atoms with Crippen molar-refractivity contribution in [3.63, 3.8) is 0 Å². The van der Waals surface area contributed by atoms with Crippen LogP contribution in [0.4, 0.5) is 0 Å². The fourth-order valence-corrected chi connectivity index (χ4v) is 3.97. The van der Waals surface area contributed by atoms with Crippen molar-refractivity contribution >= 4 is 21.5 Å². The van der Waals surface area contributed by atoms with Gasteiger partial charge >= 0.3 is 0 Å². The molecule has 0 saturated heterocycles. The number of ether oxygens (including phenoxy) is 1. The Morgan fingerprint density at radius 1 is 0.815 bits per heavy atom. The fraction of sp³-hybridized carbons (Fsp3) is 0.160. The van der Waals surface area contributed by atoms with E-state index in [1.165, 1.54) is 27.1 Å². The molecule has 0 aliphatic heterocycles. The Kier molecular flexibility index (Phi) is 4.30. The summed E-state index contributed by atoms with van der Waals surface area (Å²) in [4.78, 5) is 0. The third-order valence-corrected chi connectivity index (χ3v) is 5.26. The minimum absolute atomic E-state index is 0.470. The van der Waals surface area contributed by atoms with Crippen molar-refractivity contribution in [2.45, 2.75) is 27.4 Å². The molecule has 132 valence electrons. The molecule has 4 aromatic rings. The molecule has 0 spiro atoms. The third-order valence-electron chi connectivity index (χ3n) is 5.26. The van der Waals surface area contributed by atoms with Crippen molar-refractivity contribution in [3.8, 4) is 11.8 Å². The highest BCUT2D eigenvalue weighted by Gasteiger charge is 2.14. The zero-order valence-corrected chi connectivity index (χ0v) is 15.8. The maximum absolute atomic E-state index is 9.48. The Hall–Kier alpha value is -3.31. The van der Waals surface area contributed by atoms with Crippen LogP contribution in [0.5, 0.6) is 5.75 Å². The Labute approximate surface area is 159 Å². The van der Waals surface area contributed by atoms with Gasteiger partial charge in [-0.3, -0.25) is 0 Å². The molecule has 0 bridgehead atoms. The standard InChI is InChI=1S/C25H21NO/c1-16-12-17(2)25(18(3)23(16)14-26)27-15-24-21-10-6-4-8-19(21)13-20-9-5-7-11-22(20)24/h4-13H,15H2,1-3H3. The Morgan fingerprint density at radius 2 is 1.41 bits per heavy atom. The summed E-state index contributed by atoms with van der Waals surface area (Å²) >= 11 is 0. The molecule has 2 heteroatoms. The van der Waals surface area contributed by atoms with Crippen LogP contribution in [-0.4, -0.2) is 0 Å². The molecule has 0 radical (unpaired) electrons. The van der Waals surface area contributed by atoms with Gasteiger partial charge in [-0.25, -0.2) is 0 Å². The second-order valence-corrected chi connectivity index (χ2v) is 7.04. The lowest BCUT2D eigenvalue weighted by molar-refractivity contribution is 0.304. The van der Waals surface area contributed by atoms with E-state index in [4.69, 9.17) is 4.74 Å². The summed E-state index contributed by atoms with van der Waals surface area (Å²) in [6.07, 6.45) is 0. The van der Waals surface area contributed by atoms with Crippen LogP contribution in [0, 0.1) is 32.1 Å². The minimum atomic E-state index is 0.470. The van der Waals surface area contributed by atoms with E-state index in [2.05, 4.69) is 60.7 Å². The molecular formula is C25H21NO. The lowest BCUT2D eigenvalue weighted by Gasteiger charge is -2.17. The fourth-order valence-electron chi connectivity index (χ4n) is 3.97. The van der Waals surface area contributed by atoms with Crippen molar-refractivity contribution in [2.24, 2.45) is 0 Å². The molecular weight excluding hydrogens is 330 g/mol. The summed E-state index contributed by atoms with van der Waals surface area (Å²) in [5.41, 5.74) is 4.86. The van der Waals surface area contributed by atoms with Crippen LogP contribution in [0.1, 0.15) is 27.8 Å². The number of nitrogens with zero attached hydrogens (tertiary/aromatic N) is 1. The first-order valence-electron chi connectivity index (χ1n) is 9.13. The predicted molar refractivity (Wildman–Crippen MR) is 111 cm³/mol. The average molecular weight is 351 g/mol. The zero-order chi connectivity index (χ0) is 19.0. The molecule has 0 atom stereocenters. The lowest BCUT2D eigenvalue weighted by atomic mass is 9.97. The minimum Gasteiger partial charge on any atom is -0.488 e. The summed E-state index contributed by atoms with van der Waals surface area (Å²) < 4.78 is 6.32. The molecule has 27 heavy (non-hydrogen) atoms. The van der Waals surface area contributed by atoms with Crippen LogP contribution in [0.3, 0.4) is 0 Å². The van der Waals surface area contributed by atoms with Gasteiger partial charge in [0.05, 0.1) is 11.6 Å². The van der Waals surface area contributed by atoms with E-state index in [-0.39, 0.29) is 0 Å². The Bertz CT molecular complexity index is 1160. The Morgan fingerprint density at radius 3 is 2.00 bits per heavy atom. The highest BCUT2D eigenvalue weighted by Crippen LogP contribution is 2.32. The van der Waals surface area contributed by atoms with Crippen molar-refractivity contribution in [1.29, 1.82) is 5.26 Å². The molecule has 0 aliphatic rings. The monoisotopic (exact) mass is 351 g/mol. The van der Waals surface area contributed by atoms with E-state index in [0.717, 1.165) is 22.4 Å². The molecule has 2 nitrogen and oxygen atoms in total.